The largest absolute Gasteiger partial charge is 0.478 e. The van der Waals surface area contributed by atoms with Crippen LogP contribution in [0.2, 0.25) is 0 Å². The Kier molecular flexibility index (Phi) is 3.98. The molecule has 5 heteroatoms. The van der Waals surface area contributed by atoms with Crippen LogP contribution < -0.4 is 0 Å². The molecule has 5 nitrogen and oxygen atoms in total. The molecule has 4 aromatic rings. The zero-order valence-corrected chi connectivity index (χ0v) is 16.4. The first kappa shape index (κ1) is 17.6. The fourth-order valence-corrected chi connectivity index (χ4v) is 3.97. The fraction of sp³-hybridized carbons (Fsp3) is 0.208. The number of aromatic carboxylic acids is 1. The molecule has 1 N–H and O–H groups in total. The summed E-state index contributed by atoms with van der Waals surface area (Å²) in [7, 11) is 1.97. The molecule has 1 aliphatic rings. The molecule has 2 heterocycles. The van der Waals surface area contributed by atoms with E-state index in [9.17, 15) is 9.90 Å². The number of nitrogens with zero attached hydrogens (tertiary/aromatic N) is 3. The smallest absolute Gasteiger partial charge is 0.338 e. The monoisotopic (exact) mass is 383 g/mol. The first-order chi connectivity index (χ1) is 14.0. The molecular weight excluding hydrogens is 362 g/mol. The van der Waals surface area contributed by atoms with Gasteiger partial charge in [0.1, 0.15) is 11.3 Å². The minimum absolute atomic E-state index is 0.227. The van der Waals surface area contributed by atoms with E-state index in [2.05, 4.69) is 12.1 Å². The molecule has 0 bridgehead atoms. The Labute approximate surface area is 168 Å². The first-order valence-electron chi connectivity index (χ1n) is 9.80. The van der Waals surface area contributed by atoms with Gasteiger partial charge in [0.15, 0.2) is 5.65 Å². The molecule has 1 saturated carbocycles. The van der Waals surface area contributed by atoms with Gasteiger partial charge < -0.3 is 9.67 Å². The highest BCUT2D eigenvalue weighted by Crippen LogP contribution is 2.41. The van der Waals surface area contributed by atoms with Crippen LogP contribution in [-0.4, -0.2) is 25.6 Å². The molecule has 2 aromatic heterocycles. The van der Waals surface area contributed by atoms with E-state index < -0.39 is 5.97 Å². The number of hydrogen-bond donors (Lipinski definition) is 1. The van der Waals surface area contributed by atoms with Gasteiger partial charge >= 0.3 is 5.97 Å². The maximum atomic E-state index is 12.1. The SMILES string of the molecule is Cc1c(C(=O)O)c(-c2ccc(-c3ccccc3)cc2)nc2c1nc(C1CC1)n2C. The van der Waals surface area contributed by atoms with Crippen molar-refractivity contribution in [2.45, 2.75) is 25.7 Å². The quantitative estimate of drug-likeness (QED) is 0.527. The van der Waals surface area contributed by atoms with Crippen LogP contribution in [0.15, 0.2) is 54.6 Å². The number of rotatable bonds is 4. The summed E-state index contributed by atoms with van der Waals surface area (Å²) in [6.07, 6.45) is 2.27. The predicted octanol–water partition coefficient (Wildman–Crippen LogP) is 5.19. The third-order valence-electron chi connectivity index (χ3n) is 5.71. The number of aryl methyl sites for hydroxylation is 2. The van der Waals surface area contributed by atoms with Crippen molar-refractivity contribution in [3.63, 3.8) is 0 Å². The number of benzene rings is 2. The second-order valence-corrected chi connectivity index (χ2v) is 7.68. The van der Waals surface area contributed by atoms with Gasteiger partial charge in [0, 0.05) is 18.5 Å². The Hall–Kier alpha value is -3.47. The van der Waals surface area contributed by atoms with Crippen LogP contribution in [0.1, 0.15) is 40.5 Å². The van der Waals surface area contributed by atoms with Crippen molar-refractivity contribution in [1.82, 2.24) is 14.5 Å². The van der Waals surface area contributed by atoms with Crippen molar-refractivity contribution in [3.8, 4) is 22.4 Å². The predicted molar refractivity (Wildman–Crippen MR) is 113 cm³/mol. The lowest BCUT2D eigenvalue weighted by atomic mass is 9.98. The fourth-order valence-electron chi connectivity index (χ4n) is 3.97. The molecule has 0 amide bonds. The van der Waals surface area contributed by atoms with Gasteiger partial charge in [0.25, 0.3) is 0 Å². The molecule has 144 valence electrons. The minimum atomic E-state index is -0.974. The third kappa shape index (κ3) is 2.90. The number of hydrogen-bond acceptors (Lipinski definition) is 3. The highest BCUT2D eigenvalue weighted by Gasteiger charge is 2.31. The van der Waals surface area contributed by atoms with E-state index in [0.717, 1.165) is 41.0 Å². The zero-order chi connectivity index (χ0) is 20.1. The Bertz CT molecular complexity index is 1240. The molecule has 29 heavy (non-hydrogen) atoms. The van der Waals surface area contributed by atoms with E-state index in [0.29, 0.717) is 22.7 Å². The Morgan fingerprint density at radius 1 is 0.966 bits per heavy atom. The Morgan fingerprint density at radius 3 is 2.21 bits per heavy atom. The molecule has 1 aliphatic carbocycles. The lowest BCUT2D eigenvalue weighted by Crippen LogP contribution is -2.07. The molecule has 1 fully saturated rings. The molecule has 0 radical (unpaired) electrons. The average molecular weight is 383 g/mol. The molecule has 0 saturated heterocycles. The van der Waals surface area contributed by atoms with Crippen molar-refractivity contribution in [2.75, 3.05) is 0 Å². The molecule has 2 aromatic carbocycles. The van der Waals surface area contributed by atoms with Gasteiger partial charge in [0.2, 0.25) is 0 Å². The molecule has 0 spiro atoms. The van der Waals surface area contributed by atoms with E-state index >= 15 is 0 Å². The lowest BCUT2D eigenvalue weighted by Gasteiger charge is -2.11. The normalized spacial score (nSPS) is 13.7. The summed E-state index contributed by atoms with van der Waals surface area (Å²) in [4.78, 5) is 21.6. The van der Waals surface area contributed by atoms with E-state index in [-0.39, 0.29) is 5.56 Å². The molecule has 0 aliphatic heterocycles. The lowest BCUT2D eigenvalue weighted by molar-refractivity contribution is 0.0697. The topological polar surface area (TPSA) is 68.0 Å². The maximum absolute atomic E-state index is 12.1. The van der Waals surface area contributed by atoms with Crippen molar-refractivity contribution in [2.24, 2.45) is 7.05 Å². The molecule has 0 atom stereocenters. The number of fused-ring (bicyclic) bond motifs is 1. The Morgan fingerprint density at radius 2 is 1.59 bits per heavy atom. The highest BCUT2D eigenvalue weighted by atomic mass is 16.4. The van der Waals surface area contributed by atoms with Gasteiger partial charge in [-0.3, -0.25) is 0 Å². The summed E-state index contributed by atoms with van der Waals surface area (Å²) in [5.74, 6) is 0.497. The van der Waals surface area contributed by atoms with Crippen LogP contribution in [0.4, 0.5) is 0 Å². The van der Waals surface area contributed by atoms with Gasteiger partial charge in [-0.05, 0) is 36.5 Å². The molecule has 5 rings (SSSR count). The maximum Gasteiger partial charge on any atom is 0.338 e. The number of aromatic nitrogens is 3. The average Bonchev–Trinajstić information content (AvgIpc) is 3.52. The van der Waals surface area contributed by atoms with E-state index in [1.165, 1.54) is 0 Å². The van der Waals surface area contributed by atoms with E-state index in [4.69, 9.17) is 9.97 Å². The summed E-state index contributed by atoms with van der Waals surface area (Å²) in [5, 5.41) is 9.92. The molecule has 0 unspecified atom stereocenters. The number of pyridine rings is 1. The van der Waals surface area contributed by atoms with Crippen LogP contribution in [-0.2, 0) is 7.05 Å². The van der Waals surface area contributed by atoms with E-state index in [1.54, 1.807) is 0 Å². The van der Waals surface area contributed by atoms with Crippen molar-refractivity contribution >= 4 is 17.1 Å². The second-order valence-electron chi connectivity index (χ2n) is 7.68. The van der Waals surface area contributed by atoms with Gasteiger partial charge in [-0.2, -0.15) is 0 Å². The van der Waals surface area contributed by atoms with Gasteiger partial charge in [-0.1, -0.05) is 54.6 Å². The number of carbonyl (C=O) groups is 1. The summed E-state index contributed by atoms with van der Waals surface area (Å²) < 4.78 is 2.02. The highest BCUT2D eigenvalue weighted by molar-refractivity contribution is 6.01. The molecular formula is C24H21N3O2. The van der Waals surface area contributed by atoms with Gasteiger partial charge in [-0.25, -0.2) is 14.8 Å². The summed E-state index contributed by atoms with van der Waals surface area (Å²) in [5.41, 5.74) is 5.83. The van der Waals surface area contributed by atoms with Crippen LogP contribution in [0, 0.1) is 6.92 Å². The third-order valence-corrected chi connectivity index (χ3v) is 5.71. The van der Waals surface area contributed by atoms with E-state index in [1.807, 2.05) is 61.0 Å². The summed E-state index contributed by atoms with van der Waals surface area (Å²) in [6, 6.07) is 18.0. The summed E-state index contributed by atoms with van der Waals surface area (Å²) >= 11 is 0. The standard InChI is InChI=1S/C24H21N3O2/c1-14-19(24(28)29)21(26-23-20(14)25-22(27(23)2)18-12-13-18)17-10-8-16(9-11-17)15-6-4-3-5-7-15/h3-11,18H,12-13H2,1-2H3,(H,28,29). The van der Waals surface area contributed by atoms with Gasteiger partial charge in [0.05, 0.1) is 11.3 Å². The van der Waals surface area contributed by atoms with Crippen molar-refractivity contribution < 1.29 is 9.90 Å². The van der Waals surface area contributed by atoms with Gasteiger partial charge in [-0.15, -0.1) is 0 Å². The number of carboxylic acids is 1. The van der Waals surface area contributed by atoms with Crippen LogP contribution in [0.25, 0.3) is 33.5 Å². The number of imidazole rings is 1. The van der Waals surface area contributed by atoms with Crippen molar-refractivity contribution in [3.05, 3.63) is 71.5 Å². The first-order valence-corrected chi connectivity index (χ1v) is 9.80. The zero-order valence-electron chi connectivity index (χ0n) is 16.4. The van der Waals surface area contributed by atoms with Crippen LogP contribution in [0.3, 0.4) is 0 Å². The second kappa shape index (κ2) is 6.55. The number of carboxylic acid groups (broad SMARTS) is 1. The minimum Gasteiger partial charge on any atom is -0.478 e. The van der Waals surface area contributed by atoms with Crippen LogP contribution >= 0.6 is 0 Å². The summed E-state index contributed by atoms with van der Waals surface area (Å²) in [6.45, 7) is 1.83. The van der Waals surface area contributed by atoms with Crippen LogP contribution in [0.5, 0.6) is 0 Å². The van der Waals surface area contributed by atoms with Crippen molar-refractivity contribution in [1.29, 1.82) is 0 Å². The Balaban J connectivity index is 1.68.